The third kappa shape index (κ3) is 3.14. The van der Waals surface area contributed by atoms with Gasteiger partial charge in [-0.3, -0.25) is 9.78 Å². The molecule has 0 spiro atoms. The number of carbonyl (C=O) groups excluding carboxylic acids is 1. The molecule has 0 radical (unpaired) electrons. The minimum Gasteiger partial charge on any atom is -0.454 e. The third-order valence-electron chi connectivity index (χ3n) is 2.82. The Bertz CT molecular complexity index is 702. The van der Waals surface area contributed by atoms with Crippen LogP contribution < -0.4 is 14.8 Å². The van der Waals surface area contributed by atoms with Gasteiger partial charge in [-0.2, -0.15) is 0 Å². The highest BCUT2D eigenvalue weighted by Crippen LogP contribution is 2.40. The number of fused-ring (bicyclic) bond motifs is 1. The van der Waals surface area contributed by atoms with Crippen molar-refractivity contribution in [2.24, 2.45) is 0 Å². The average molecular weight is 303 g/mol. The molecule has 2 aromatic rings. The summed E-state index contributed by atoms with van der Waals surface area (Å²) in [4.78, 5) is 15.7. The van der Waals surface area contributed by atoms with E-state index in [9.17, 15) is 4.79 Å². The fourth-order valence-electron chi connectivity index (χ4n) is 1.87. The number of aromatic nitrogens is 1. The molecule has 1 aromatic heterocycles. The minimum absolute atomic E-state index is 0.157. The van der Waals surface area contributed by atoms with E-state index in [0.717, 1.165) is 5.56 Å². The van der Waals surface area contributed by atoms with Crippen LogP contribution in [-0.2, 0) is 4.79 Å². The first-order chi connectivity index (χ1) is 10.2. The lowest BCUT2D eigenvalue weighted by Gasteiger charge is -2.02. The van der Waals surface area contributed by atoms with Gasteiger partial charge in [0.2, 0.25) is 12.7 Å². The second kappa shape index (κ2) is 5.85. The molecule has 0 atom stereocenters. The molecule has 106 valence electrons. The van der Waals surface area contributed by atoms with E-state index in [0.29, 0.717) is 22.2 Å². The first-order valence-electron chi connectivity index (χ1n) is 6.20. The lowest BCUT2D eigenvalue weighted by molar-refractivity contribution is -0.111. The van der Waals surface area contributed by atoms with Crippen molar-refractivity contribution in [2.45, 2.75) is 0 Å². The molecule has 0 unspecified atom stereocenters. The molecule has 1 amide bonds. The van der Waals surface area contributed by atoms with Crippen LogP contribution in [0, 0.1) is 0 Å². The number of benzene rings is 1. The standard InChI is InChI=1S/C15H11ClN2O3/c16-12-7-10(8-13-15(12)21-9-20-13)1-2-14(19)18-11-3-5-17-6-4-11/h1-8H,9H2,(H,17,18,19)/b2-1+. The van der Waals surface area contributed by atoms with Crippen molar-refractivity contribution in [2.75, 3.05) is 12.1 Å². The number of amides is 1. The van der Waals surface area contributed by atoms with Gasteiger partial charge in [-0.1, -0.05) is 11.6 Å². The van der Waals surface area contributed by atoms with Crippen LogP contribution in [0.2, 0.25) is 5.02 Å². The molecule has 21 heavy (non-hydrogen) atoms. The molecule has 3 rings (SSSR count). The van der Waals surface area contributed by atoms with E-state index in [1.807, 2.05) is 0 Å². The quantitative estimate of drug-likeness (QED) is 0.885. The van der Waals surface area contributed by atoms with E-state index in [4.69, 9.17) is 21.1 Å². The Morgan fingerprint density at radius 2 is 2.10 bits per heavy atom. The minimum atomic E-state index is -0.241. The van der Waals surface area contributed by atoms with Crippen LogP contribution in [-0.4, -0.2) is 17.7 Å². The molecule has 0 aliphatic carbocycles. The number of anilines is 1. The van der Waals surface area contributed by atoms with Gasteiger partial charge in [-0.25, -0.2) is 0 Å². The first-order valence-corrected chi connectivity index (χ1v) is 6.58. The Morgan fingerprint density at radius 3 is 2.90 bits per heavy atom. The number of hydrogen-bond acceptors (Lipinski definition) is 4. The Morgan fingerprint density at radius 1 is 1.29 bits per heavy atom. The van der Waals surface area contributed by atoms with Crippen molar-refractivity contribution in [3.8, 4) is 11.5 Å². The molecular weight excluding hydrogens is 292 g/mol. The van der Waals surface area contributed by atoms with E-state index in [-0.39, 0.29) is 12.7 Å². The molecule has 1 N–H and O–H groups in total. The van der Waals surface area contributed by atoms with Gasteiger partial charge < -0.3 is 14.8 Å². The molecule has 0 bridgehead atoms. The summed E-state index contributed by atoms with van der Waals surface area (Å²) in [5.41, 5.74) is 1.44. The smallest absolute Gasteiger partial charge is 0.248 e. The molecular formula is C15H11ClN2O3. The number of hydrogen-bond donors (Lipinski definition) is 1. The van der Waals surface area contributed by atoms with Gasteiger partial charge in [0.25, 0.3) is 0 Å². The van der Waals surface area contributed by atoms with Crippen LogP contribution in [0.1, 0.15) is 5.56 Å². The van der Waals surface area contributed by atoms with Crippen molar-refractivity contribution in [3.05, 3.63) is 53.3 Å². The Balaban J connectivity index is 1.71. The zero-order valence-corrected chi connectivity index (χ0v) is 11.6. The van der Waals surface area contributed by atoms with E-state index < -0.39 is 0 Å². The summed E-state index contributed by atoms with van der Waals surface area (Å²) in [6, 6.07) is 6.90. The van der Waals surface area contributed by atoms with Crippen molar-refractivity contribution >= 4 is 29.3 Å². The average Bonchev–Trinajstić information content (AvgIpc) is 2.95. The molecule has 2 heterocycles. The van der Waals surface area contributed by atoms with E-state index in [2.05, 4.69) is 10.3 Å². The maximum Gasteiger partial charge on any atom is 0.248 e. The summed E-state index contributed by atoms with van der Waals surface area (Å²) < 4.78 is 10.5. The van der Waals surface area contributed by atoms with Gasteiger partial charge in [0.15, 0.2) is 11.5 Å². The number of halogens is 1. The molecule has 1 aliphatic rings. The highest BCUT2D eigenvalue weighted by molar-refractivity contribution is 6.32. The van der Waals surface area contributed by atoms with Gasteiger partial charge in [0.05, 0.1) is 5.02 Å². The van der Waals surface area contributed by atoms with Crippen molar-refractivity contribution in [1.82, 2.24) is 4.98 Å². The highest BCUT2D eigenvalue weighted by Gasteiger charge is 2.17. The van der Waals surface area contributed by atoms with Crippen LogP contribution in [0.4, 0.5) is 5.69 Å². The Labute approximate surface area is 126 Å². The maximum absolute atomic E-state index is 11.8. The second-order valence-corrected chi connectivity index (χ2v) is 4.70. The molecule has 0 saturated heterocycles. The van der Waals surface area contributed by atoms with Gasteiger partial charge in [-0.05, 0) is 35.9 Å². The SMILES string of the molecule is O=C(/C=C/c1cc(Cl)c2c(c1)OCO2)Nc1ccncc1. The summed E-state index contributed by atoms with van der Waals surface area (Å²) >= 11 is 6.07. The van der Waals surface area contributed by atoms with Crippen LogP contribution in [0.25, 0.3) is 6.08 Å². The van der Waals surface area contributed by atoms with E-state index in [1.165, 1.54) is 6.08 Å². The number of rotatable bonds is 3. The van der Waals surface area contributed by atoms with Crippen LogP contribution >= 0.6 is 11.6 Å². The maximum atomic E-state index is 11.8. The molecule has 1 aliphatic heterocycles. The normalized spacial score (nSPS) is 12.6. The van der Waals surface area contributed by atoms with E-state index >= 15 is 0 Å². The lowest BCUT2D eigenvalue weighted by atomic mass is 10.2. The zero-order valence-electron chi connectivity index (χ0n) is 10.9. The van der Waals surface area contributed by atoms with Crippen LogP contribution in [0.15, 0.2) is 42.7 Å². The molecule has 6 heteroatoms. The Hall–Kier alpha value is -2.53. The number of pyridine rings is 1. The second-order valence-electron chi connectivity index (χ2n) is 4.29. The summed E-state index contributed by atoms with van der Waals surface area (Å²) in [5, 5.41) is 3.18. The number of nitrogens with zero attached hydrogens (tertiary/aromatic N) is 1. The fraction of sp³-hybridized carbons (Fsp3) is 0.0667. The molecule has 5 nitrogen and oxygen atoms in total. The highest BCUT2D eigenvalue weighted by atomic mass is 35.5. The first kappa shape index (κ1) is 13.5. The topological polar surface area (TPSA) is 60.5 Å². The number of ether oxygens (including phenoxy) is 2. The summed E-state index contributed by atoms with van der Waals surface area (Å²) in [7, 11) is 0. The van der Waals surface area contributed by atoms with Crippen molar-refractivity contribution in [3.63, 3.8) is 0 Å². The van der Waals surface area contributed by atoms with Gasteiger partial charge in [0, 0.05) is 24.2 Å². The van der Waals surface area contributed by atoms with Crippen molar-refractivity contribution < 1.29 is 14.3 Å². The summed E-state index contributed by atoms with van der Waals surface area (Å²) in [6.45, 7) is 0.157. The fourth-order valence-corrected chi connectivity index (χ4v) is 2.15. The zero-order chi connectivity index (χ0) is 14.7. The predicted molar refractivity (Wildman–Crippen MR) is 79.5 cm³/mol. The van der Waals surface area contributed by atoms with E-state index in [1.54, 1.807) is 42.7 Å². The molecule has 0 fully saturated rings. The lowest BCUT2D eigenvalue weighted by Crippen LogP contribution is -2.07. The molecule has 0 saturated carbocycles. The number of carbonyl (C=O) groups is 1. The monoisotopic (exact) mass is 302 g/mol. The largest absolute Gasteiger partial charge is 0.454 e. The number of nitrogens with one attached hydrogen (secondary N) is 1. The van der Waals surface area contributed by atoms with Gasteiger partial charge in [-0.15, -0.1) is 0 Å². The van der Waals surface area contributed by atoms with Gasteiger partial charge in [0.1, 0.15) is 0 Å². The van der Waals surface area contributed by atoms with Crippen LogP contribution in [0.5, 0.6) is 11.5 Å². The summed E-state index contributed by atoms with van der Waals surface area (Å²) in [5.74, 6) is 0.877. The summed E-state index contributed by atoms with van der Waals surface area (Å²) in [6.07, 6.45) is 6.30. The van der Waals surface area contributed by atoms with Crippen LogP contribution in [0.3, 0.4) is 0 Å². The third-order valence-corrected chi connectivity index (χ3v) is 3.11. The molecule has 1 aromatic carbocycles. The Kier molecular flexibility index (Phi) is 3.75. The van der Waals surface area contributed by atoms with Gasteiger partial charge >= 0.3 is 0 Å². The predicted octanol–water partition coefficient (Wildman–Crippen LogP) is 3.12. The van der Waals surface area contributed by atoms with Crippen molar-refractivity contribution in [1.29, 1.82) is 0 Å².